The van der Waals surface area contributed by atoms with Crippen LogP contribution in [-0.2, 0) is 20.8 Å². The predicted octanol–water partition coefficient (Wildman–Crippen LogP) is 3.64. The Hall–Kier alpha value is -2.33. The molecule has 1 fully saturated rings. The highest BCUT2D eigenvalue weighted by Crippen LogP contribution is 2.35. The molecule has 1 aromatic carbocycles. The van der Waals surface area contributed by atoms with Crippen molar-refractivity contribution in [3.8, 4) is 0 Å². The number of carboxylic acid groups (broad SMARTS) is 1. The SMILES string of the molecule is COCCN(c1ccc2c(=O)c3ccc(Cl)c(SC)c3n(CC(=O)O)c2n1)[C@H]1C[C@@H](OC)C1. The van der Waals surface area contributed by atoms with Crippen LogP contribution in [0.15, 0.2) is 34.0 Å². The maximum Gasteiger partial charge on any atom is 0.323 e. The average molecular weight is 492 g/mol. The van der Waals surface area contributed by atoms with Crippen LogP contribution in [0.25, 0.3) is 21.9 Å². The van der Waals surface area contributed by atoms with Crippen LogP contribution in [0.2, 0.25) is 5.02 Å². The first-order valence-corrected chi connectivity index (χ1v) is 12.2. The Balaban J connectivity index is 1.95. The van der Waals surface area contributed by atoms with Gasteiger partial charge >= 0.3 is 5.97 Å². The highest BCUT2D eigenvalue weighted by Gasteiger charge is 2.34. The minimum absolute atomic E-state index is 0.195. The monoisotopic (exact) mass is 491 g/mol. The lowest BCUT2D eigenvalue weighted by Gasteiger charge is -2.42. The summed E-state index contributed by atoms with van der Waals surface area (Å²) in [6, 6.07) is 7.10. The van der Waals surface area contributed by atoms with Crippen molar-refractivity contribution in [2.45, 2.75) is 36.4 Å². The summed E-state index contributed by atoms with van der Waals surface area (Å²) in [5, 5.41) is 10.9. The van der Waals surface area contributed by atoms with E-state index in [1.54, 1.807) is 37.0 Å². The zero-order valence-electron chi connectivity index (χ0n) is 18.7. The molecule has 176 valence electrons. The van der Waals surface area contributed by atoms with Crippen molar-refractivity contribution >= 4 is 57.1 Å². The van der Waals surface area contributed by atoms with Crippen molar-refractivity contribution in [2.75, 3.05) is 38.5 Å². The molecular weight excluding hydrogens is 466 g/mol. The summed E-state index contributed by atoms with van der Waals surface area (Å²) in [7, 11) is 3.36. The van der Waals surface area contributed by atoms with Crippen LogP contribution in [0.5, 0.6) is 0 Å². The van der Waals surface area contributed by atoms with Crippen molar-refractivity contribution < 1.29 is 19.4 Å². The predicted molar refractivity (Wildman–Crippen MR) is 131 cm³/mol. The Morgan fingerprint density at radius 1 is 1.27 bits per heavy atom. The molecule has 1 aliphatic carbocycles. The quantitative estimate of drug-likeness (QED) is 0.358. The van der Waals surface area contributed by atoms with Crippen molar-refractivity contribution in [1.82, 2.24) is 9.55 Å². The van der Waals surface area contributed by atoms with E-state index in [0.29, 0.717) is 50.8 Å². The Morgan fingerprint density at radius 2 is 2.00 bits per heavy atom. The molecule has 1 aliphatic rings. The lowest BCUT2D eigenvalue weighted by Crippen LogP contribution is -2.49. The number of benzene rings is 1. The second-order valence-corrected chi connectivity index (χ2v) is 9.22. The number of carboxylic acids is 1. The number of halogens is 1. The van der Waals surface area contributed by atoms with E-state index in [0.717, 1.165) is 12.8 Å². The van der Waals surface area contributed by atoms with Crippen LogP contribution in [-0.4, -0.2) is 66.4 Å². The Labute approximate surface area is 200 Å². The van der Waals surface area contributed by atoms with Crippen LogP contribution >= 0.6 is 23.4 Å². The van der Waals surface area contributed by atoms with E-state index in [-0.39, 0.29) is 24.1 Å². The van der Waals surface area contributed by atoms with Crippen molar-refractivity contribution in [3.63, 3.8) is 0 Å². The fourth-order valence-electron chi connectivity index (χ4n) is 4.37. The molecule has 4 rings (SSSR count). The first-order chi connectivity index (χ1) is 15.9. The number of anilines is 1. The molecule has 1 saturated carbocycles. The topological polar surface area (TPSA) is 93.9 Å². The third-order valence-corrected chi connectivity index (χ3v) is 7.38. The number of fused-ring (bicyclic) bond motifs is 2. The highest BCUT2D eigenvalue weighted by molar-refractivity contribution is 7.99. The van der Waals surface area contributed by atoms with Crippen LogP contribution in [0.3, 0.4) is 0 Å². The molecule has 0 atom stereocenters. The molecular formula is C23H26ClN3O5S. The van der Waals surface area contributed by atoms with Gasteiger partial charge in [-0.05, 0) is 43.4 Å². The molecule has 0 radical (unpaired) electrons. The third kappa shape index (κ3) is 4.42. The number of methoxy groups -OCH3 is 2. The highest BCUT2D eigenvalue weighted by atomic mass is 35.5. The van der Waals surface area contributed by atoms with Crippen LogP contribution < -0.4 is 10.3 Å². The van der Waals surface area contributed by atoms with Gasteiger partial charge in [-0.15, -0.1) is 11.8 Å². The molecule has 1 N–H and O–H groups in total. The molecule has 3 aromatic rings. The number of pyridine rings is 2. The van der Waals surface area contributed by atoms with Crippen LogP contribution in [0, 0.1) is 0 Å². The van der Waals surface area contributed by atoms with Gasteiger partial charge in [-0.3, -0.25) is 9.59 Å². The lowest BCUT2D eigenvalue weighted by molar-refractivity contribution is -0.137. The number of carbonyl (C=O) groups is 1. The second kappa shape index (κ2) is 9.89. The number of hydrogen-bond acceptors (Lipinski definition) is 7. The summed E-state index contributed by atoms with van der Waals surface area (Å²) in [6.07, 6.45) is 3.79. The maximum atomic E-state index is 13.3. The minimum atomic E-state index is -1.03. The number of rotatable bonds is 9. The number of nitrogens with zero attached hydrogens (tertiary/aromatic N) is 3. The van der Waals surface area contributed by atoms with Gasteiger partial charge in [-0.1, -0.05) is 11.6 Å². The number of ether oxygens (including phenoxy) is 2. The van der Waals surface area contributed by atoms with Gasteiger partial charge in [-0.25, -0.2) is 4.98 Å². The van der Waals surface area contributed by atoms with Gasteiger partial charge in [0.15, 0.2) is 5.43 Å². The summed E-state index contributed by atoms with van der Waals surface area (Å²) in [4.78, 5) is 32.8. The summed E-state index contributed by atoms with van der Waals surface area (Å²) >= 11 is 7.78. The van der Waals surface area contributed by atoms with Crippen LogP contribution in [0.1, 0.15) is 12.8 Å². The molecule has 0 bridgehead atoms. The van der Waals surface area contributed by atoms with E-state index in [9.17, 15) is 14.7 Å². The standard InChI is InChI=1S/C23H26ClN3O5S/c1-31-9-8-26(13-10-14(11-13)32-2)18-7-5-16-21(30)15-4-6-17(24)22(33-3)20(15)27(12-19(28)29)23(16)25-18/h4-7,13-14H,8-12H2,1-3H3,(H,28,29)/t13-,14+. The zero-order valence-corrected chi connectivity index (χ0v) is 20.3. The smallest absolute Gasteiger partial charge is 0.323 e. The van der Waals surface area contributed by atoms with E-state index < -0.39 is 5.97 Å². The van der Waals surface area contributed by atoms with E-state index in [2.05, 4.69) is 4.90 Å². The molecule has 33 heavy (non-hydrogen) atoms. The molecule has 0 aliphatic heterocycles. The van der Waals surface area contributed by atoms with Crippen molar-refractivity contribution in [3.05, 3.63) is 39.5 Å². The van der Waals surface area contributed by atoms with Gasteiger partial charge < -0.3 is 24.0 Å². The molecule has 8 nitrogen and oxygen atoms in total. The van der Waals surface area contributed by atoms with Crippen LogP contribution in [0.4, 0.5) is 5.82 Å². The number of aliphatic carboxylic acids is 1. The van der Waals surface area contributed by atoms with E-state index >= 15 is 0 Å². The summed E-state index contributed by atoms with van der Waals surface area (Å²) < 4.78 is 12.3. The molecule has 0 spiro atoms. The van der Waals surface area contributed by atoms with Gasteiger partial charge in [0.25, 0.3) is 0 Å². The molecule has 10 heteroatoms. The normalized spacial score (nSPS) is 17.9. The number of aromatic nitrogens is 2. The summed E-state index contributed by atoms with van der Waals surface area (Å²) in [6.45, 7) is 0.791. The third-order valence-electron chi connectivity index (χ3n) is 6.13. The Morgan fingerprint density at radius 3 is 2.64 bits per heavy atom. The first-order valence-electron chi connectivity index (χ1n) is 10.6. The minimum Gasteiger partial charge on any atom is -0.480 e. The van der Waals surface area contributed by atoms with Gasteiger partial charge in [0.1, 0.15) is 18.0 Å². The van der Waals surface area contributed by atoms with E-state index in [1.165, 1.54) is 11.8 Å². The molecule has 2 aromatic heterocycles. The fourth-order valence-corrected chi connectivity index (χ4v) is 5.43. The van der Waals surface area contributed by atoms with Gasteiger partial charge in [0.2, 0.25) is 0 Å². The average Bonchev–Trinajstić information content (AvgIpc) is 2.77. The first kappa shape index (κ1) is 23.8. The van der Waals surface area contributed by atoms with Gasteiger partial charge in [0, 0.05) is 32.2 Å². The lowest BCUT2D eigenvalue weighted by atomic mass is 9.87. The molecule has 0 unspecified atom stereocenters. The largest absolute Gasteiger partial charge is 0.480 e. The zero-order chi connectivity index (χ0) is 23.7. The summed E-state index contributed by atoms with van der Waals surface area (Å²) in [5.41, 5.74) is 0.625. The molecule has 0 amide bonds. The summed E-state index contributed by atoms with van der Waals surface area (Å²) in [5.74, 6) is -0.358. The van der Waals surface area contributed by atoms with Gasteiger partial charge in [0.05, 0.1) is 33.5 Å². The maximum absolute atomic E-state index is 13.3. The molecule has 2 heterocycles. The van der Waals surface area contributed by atoms with E-state index in [4.69, 9.17) is 26.1 Å². The van der Waals surface area contributed by atoms with Crippen molar-refractivity contribution in [2.24, 2.45) is 0 Å². The number of thioether (sulfide) groups is 1. The Kier molecular flexibility index (Phi) is 7.13. The second-order valence-electron chi connectivity index (χ2n) is 8.00. The Bertz CT molecular complexity index is 1260. The van der Waals surface area contributed by atoms with Gasteiger partial charge in [-0.2, -0.15) is 0 Å². The van der Waals surface area contributed by atoms with E-state index in [1.807, 2.05) is 12.3 Å². The fraction of sp³-hybridized carbons (Fsp3) is 0.435. The van der Waals surface area contributed by atoms with Crippen molar-refractivity contribution in [1.29, 1.82) is 0 Å². The molecule has 0 saturated heterocycles. The number of hydrogen-bond donors (Lipinski definition) is 1.